The van der Waals surface area contributed by atoms with E-state index in [9.17, 15) is 9.90 Å². The van der Waals surface area contributed by atoms with Crippen LogP contribution < -0.4 is 0 Å². The van der Waals surface area contributed by atoms with Crippen LogP contribution in [0.5, 0.6) is 0 Å². The molecule has 7 heteroatoms. The van der Waals surface area contributed by atoms with Crippen LogP contribution in [0.2, 0.25) is 36.3 Å². The molecule has 4 atom stereocenters. The number of ether oxygens (including phenoxy) is 1. The zero-order valence-corrected chi connectivity index (χ0v) is 27.9. The Morgan fingerprint density at radius 1 is 0.865 bits per heavy atom. The first-order chi connectivity index (χ1) is 16.9. The number of allylic oxidation sites excluding steroid dienone is 1. The van der Waals surface area contributed by atoms with Crippen LogP contribution in [0.4, 0.5) is 0 Å². The molecule has 1 heterocycles. The van der Waals surface area contributed by atoms with Gasteiger partial charge in [0.25, 0.3) is 0 Å². The number of hydrogen-bond donors (Lipinski definition) is 1. The Balaban J connectivity index is 3.44. The van der Waals surface area contributed by atoms with Gasteiger partial charge in [-0.05, 0) is 81.4 Å². The van der Waals surface area contributed by atoms with Gasteiger partial charge in [0.2, 0.25) is 0 Å². The number of esters is 1. The molecular formula is C30H58O5Si2. The Hall–Kier alpha value is -0.736. The summed E-state index contributed by atoms with van der Waals surface area (Å²) in [6.45, 7) is 23.9. The molecule has 0 amide bonds. The summed E-state index contributed by atoms with van der Waals surface area (Å²) in [5.41, 5.74) is 0. The molecule has 0 aromatic heterocycles. The molecule has 0 radical (unpaired) electrons. The van der Waals surface area contributed by atoms with Gasteiger partial charge in [-0.25, -0.2) is 4.79 Å². The van der Waals surface area contributed by atoms with E-state index in [-0.39, 0.29) is 22.1 Å². The van der Waals surface area contributed by atoms with Crippen molar-refractivity contribution in [3.63, 3.8) is 0 Å². The largest absolute Gasteiger partial charge is 0.460 e. The maximum atomic E-state index is 12.8. The van der Waals surface area contributed by atoms with E-state index in [0.717, 1.165) is 32.1 Å². The van der Waals surface area contributed by atoms with Gasteiger partial charge in [0.15, 0.2) is 16.6 Å². The van der Waals surface area contributed by atoms with Crippen LogP contribution >= 0.6 is 0 Å². The first-order valence-electron chi connectivity index (χ1n) is 14.4. The Morgan fingerprint density at radius 3 is 2.00 bits per heavy atom. The number of aliphatic hydroxyl groups excluding tert-OH is 1. The van der Waals surface area contributed by atoms with Crippen LogP contribution in [0.1, 0.15) is 99.8 Å². The predicted octanol–water partition coefficient (Wildman–Crippen LogP) is 8.31. The number of hydrogen-bond acceptors (Lipinski definition) is 5. The standard InChI is InChI=1S/C30H58O5Si2/c1-24-20-18-16-14-12-13-15-17-19-21-25(31)28(35-37(10,11)30(5,6)7)26(22-23-27(32)33-24)34-36(8,9)29(2,3)4/h17,19,22-26,28,31H,12-16,18,20-21H2,1-11H3/b19-17+,23-22+/t24-,25+,26+,28-/m0/s1. The zero-order chi connectivity index (χ0) is 28.5. The molecule has 37 heavy (non-hydrogen) atoms. The molecule has 1 aliphatic heterocycles. The van der Waals surface area contributed by atoms with Gasteiger partial charge in [-0.2, -0.15) is 0 Å². The fourth-order valence-corrected chi connectivity index (χ4v) is 6.37. The second kappa shape index (κ2) is 14.6. The summed E-state index contributed by atoms with van der Waals surface area (Å²) >= 11 is 0. The molecule has 0 spiro atoms. The van der Waals surface area contributed by atoms with Gasteiger partial charge >= 0.3 is 5.97 Å². The molecule has 0 aliphatic carbocycles. The van der Waals surface area contributed by atoms with E-state index >= 15 is 0 Å². The zero-order valence-electron chi connectivity index (χ0n) is 25.9. The molecule has 0 aromatic rings. The molecule has 1 aliphatic rings. The third kappa shape index (κ3) is 11.9. The van der Waals surface area contributed by atoms with E-state index in [1.807, 2.05) is 6.92 Å². The summed E-state index contributed by atoms with van der Waals surface area (Å²) in [7, 11) is -4.51. The average molecular weight is 555 g/mol. The summed E-state index contributed by atoms with van der Waals surface area (Å²) in [5, 5.41) is 11.4. The highest BCUT2D eigenvalue weighted by Gasteiger charge is 2.45. The van der Waals surface area contributed by atoms with Crippen LogP contribution in [0.25, 0.3) is 0 Å². The van der Waals surface area contributed by atoms with E-state index in [0.29, 0.717) is 6.42 Å². The maximum absolute atomic E-state index is 12.8. The number of carbonyl (C=O) groups excluding carboxylic acids is 1. The van der Waals surface area contributed by atoms with Gasteiger partial charge < -0.3 is 18.7 Å². The third-order valence-electron chi connectivity index (χ3n) is 8.44. The van der Waals surface area contributed by atoms with Gasteiger partial charge in [0, 0.05) is 6.08 Å². The van der Waals surface area contributed by atoms with Crippen LogP contribution in [0.15, 0.2) is 24.3 Å². The Labute approximate surface area is 230 Å². The van der Waals surface area contributed by atoms with E-state index in [1.54, 1.807) is 6.08 Å². The lowest BCUT2D eigenvalue weighted by molar-refractivity contribution is -0.142. The highest BCUT2D eigenvalue weighted by Crippen LogP contribution is 2.41. The van der Waals surface area contributed by atoms with E-state index in [4.69, 9.17) is 13.6 Å². The lowest BCUT2D eigenvalue weighted by Gasteiger charge is -2.45. The van der Waals surface area contributed by atoms with Crippen molar-refractivity contribution in [1.29, 1.82) is 0 Å². The van der Waals surface area contributed by atoms with Crippen LogP contribution in [-0.2, 0) is 18.4 Å². The van der Waals surface area contributed by atoms with Crippen molar-refractivity contribution in [3.8, 4) is 0 Å². The second-order valence-corrected chi connectivity index (χ2v) is 23.4. The predicted molar refractivity (Wildman–Crippen MR) is 161 cm³/mol. The molecule has 5 nitrogen and oxygen atoms in total. The first kappa shape index (κ1) is 34.3. The smallest absolute Gasteiger partial charge is 0.330 e. The highest BCUT2D eigenvalue weighted by atomic mass is 28.4. The Morgan fingerprint density at radius 2 is 1.41 bits per heavy atom. The van der Waals surface area contributed by atoms with Crippen molar-refractivity contribution >= 4 is 22.6 Å². The molecule has 0 aromatic carbocycles. The molecule has 1 rings (SSSR count). The number of cyclic esters (lactones) is 1. The van der Waals surface area contributed by atoms with Gasteiger partial charge in [0.1, 0.15) is 0 Å². The van der Waals surface area contributed by atoms with Gasteiger partial charge in [-0.3, -0.25) is 0 Å². The lowest BCUT2D eigenvalue weighted by atomic mass is 10.0. The van der Waals surface area contributed by atoms with Gasteiger partial charge in [-0.1, -0.05) is 73.0 Å². The van der Waals surface area contributed by atoms with Gasteiger partial charge in [-0.15, -0.1) is 0 Å². The minimum Gasteiger partial charge on any atom is -0.460 e. The number of aliphatic hydroxyl groups is 1. The van der Waals surface area contributed by atoms with E-state index in [1.165, 1.54) is 18.9 Å². The summed E-state index contributed by atoms with van der Waals surface area (Å²) in [4.78, 5) is 12.8. The van der Waals surface area contributed by atoms with Crippen molar-refractivity contribution in [2.75, 3.05) is 0 Å². The topological polar surface area (TPSA) is 65.0 Å². The molecule has 1 N–H and O–H groups in total. The highest BCUT2D eigenvalue weighted by molar-refractivity contribution is 6.74. The Bertz CT molecular complexity index is 746. The van der Waals surface area contributed by atoms with Crippen LogP contribution in [-0.4, -0.2) is 52.1 Å². The fraction of sp³-hybridized carbons (Fsp3) is 0.833. The number of carbonyl (C=O) groups is 1. The first-order valence-corrected chi connectivity index (χ1v) is 20.3. The summed E-state index contributed by atoms with van der Waals surface area (Å²) < 4.78 is 19.4. The quantitative estimate of drug-likeness (QED) is 0.215. The van der Waals surface area contributed by atoms with Crippen molar-refractivity contribution in [2.45, 2.75) is 161 Å². The molecule has 0 saturated heterocycles. The van der Waals surface area contributed by atoms with E-state index in [2.05, 4.69) is 79.9 Å². The van der Waals surface area contributed by atoms with Crippen molar-refractivity contribution in [3.05, 3.63) is 24.3 Å². The average Bonchev–Trinajstić information content (AvgIpc) is 2.74. The van der Waals surface area contributed by atoms with E-state index < -0.39 is 34.9 Å². The van der Waals surface area contributed by atoms with Gasteiger partial charge in [0.05, 0.1) is 24.4 Å². The fourth-order valence-electron chi connectivity index (χ4n) is 3.80. The SMILES string of the molecule is C[C@H]1CCCCCCC/C=C/C[C@@H](O)[C@H](O[Si](C)(C)C(C)(C)C)[C@H](O[Si](C)(C)C(C)(C)C)/C=C/C(=O)O1. The summed E-state index contributed by atoms with van der Waals surface area (Å²) in [5.74, 6) is -0.363. The molecule has 0 unspecified atom stereocenters. The number of rotatable bonds is 4. The summed E-state index contributed by atoms with van der Waals surface area (Å²) in [6, 6.07) is 0. The Kier molecular flexibility index (Phi) is 13.5. The summed E-state index contributed by atoms with van der Waals surface area (Å²) in [6.07, 6.45) is 13.7. The van der Waals surface area contributed by atoms with Crippen LogP contribution in [0.3, 0.4) is 0 Å². The molecule has 0 fully saturated rings. The van der Waals surface area contributed by atoms with Crippen molar-refractivity contribution < 1.29 is 23.5 Å². The lowest BCUT2D eigenvalue weighted by Crippen LogP contribution is -2.54. The third-order valence-corrected chi connectivity index (χ3v) is 17.4. The molecule has 0 saturated carbocycles. The monoisotopic (exact) mass is 554 g/mol. The molecule has 216 valence electrons. The minimum absolute atomic E-state index is 0.0335. The minimum atomic E-state index is -2.26. The van der Waals surface area contributed by atoms with Crippen LogP contribution in [0, 0.1) is 0 Å². The van der Waals surface area contributed by atoms with Crippen molar-refractivity contribution in [2.24, 2.45) is 0 Å². The molecule has 0 bridgehead atoms. The second-order valence-electron chi connectivity index (χ2n) is 13.9. The molecular weight excluding hydrogens is 496 g/mol. The normalized spacial score (nSPS) is 28.6. The van der Waals surface area contributed by atoms with Crippen molar-refractivity contribution in [1.82, 2.24) is 0 Å². The maximum Gasteiger partial charge on any atom is 0.330 e.